The highest BCUT2D eigenvalue weighted by Crippen LogP contribution is 2.33. The molecule has 26 heavy (non-hydrogen) atoms. The van der Waals surface area contributed by atoms with E-state index in [1.807, 2.05) is 0 Å². The normalized spacial score (nSPS) is 12.3. The molecule has 0 aliphatic rings. The molecule has 1 atom stereocenters. The van der Waals surface area contributed by atoms with Crippen LogP contribution in [-0.4, -0.2) is 36.0 Å². The summed E-state index contributed by atoms with van der Waals surface area (Å²) in [5.41, 5.74) is 0.267. The number of aromatic amines is 1. The number of benzene rings is 1. The zero-order chi connectivity index (χ0) is 19.0. The van der Waals surface area contributed by atoms with Gasteiger partial charge in [-0.05, 0) is 26.0 Å². The second-order valence-electron chi connectivity index (χ2n) is 5.25. The van der Waals surface area contributed by atoms with Crippen LogP contribution in [0.3, 0.4) is 0 Å². The molecule has 0 unspecified atom stereocenters. The minimum atomic E-state index is -0.554. The van der Waals surface area contributed by atoms with Crippen LogP contribution in [0.4, 0.5) is 5.69 Å². The van der Waals surface area contributed by atoms with Gasteiger partial charge in [-0.2, -0.15) is 9.61 Å². The molecule has 2 N–H and O–H groups in total. The number of thioether (sulfide) groups is 1. The highest BCUT2D eigenvalue weighted by atomic mass is 35.5. The third-order valence-corrected chi connectivity index (χ3v) is 5.40. The van der Waals surface area contributed by atoms with Crippen LogP contribution in [0.1, 0.15) is 12.6 Å². The SMILES string of the molecule is Cc1nn2c(S[C@H](C)C(=O)Nc3cc(Cl)c(Cl)cc3Cl)nnc2[nH]c1=O. The van der Waals surface area contributed by atoms with Gasteiger partial charge in [0, 0.05) is 0 Å². The zero-order valence-corrected chi connectivity index (χ0v) is 16.5. The van der Waals surface area contributed by atoms with E-state index in [4.69, 9.17) is 34.8 Å². The average molecular weight is 434 g/mol. The number of fused-ring (bicyclic) bond motifs is 1. The maximum Gasteiger partial charge on any atom is 0.273 e. The molecular weight excluding hydrogens is 423 g/mol. The Bertz CT molecular complexity index is 1070. The van der Waals surface area contributed by atoms with Crippen LogP contribution >= 0.6 is 46.6 Å². The van der Waals surface area contributed by atoms with Gasteiger partial charge in [0.25, 0.3) is 11.3 Å². The molecule has 0 bridgehead atoms. The lowest BCUT2D eigenvalue weighted by Crippen LogP contribution is -2.23. The van der Waals surface area contributed by atoms with Gasteiger partial charge in [-0.25, -0.2) is 0 Å². The minimum absolute atomic E-state index is 0.197. The Hall–Kier alpha value is -1.81. The van der Waals surface area contributed by atoms with Gasteiger partial charge in [-0.15, -0.1) is 10.2 Å². The number of nitrogens with zero attached hydrogens (tertiary/aromatic N) is 4. The van der Waals surface area contributed by atoms with Crippen molar-refractivity contribution in [1.82, 2.24) is 24.8 Å². The topological polar surface area (TPSA) is 105 Å². The molecule has 3 rings (SSSR count). The fourth-order valence-electron chi connectivity index (χ4n) is 1.96. The highest BCUT2D eigenvalue weighted by Gasteiger charge is 2.20. The number of halogens is 3. The van der Waals surface area contributed by atoms with Crippen LogP contribution in [0.25, 0.3) is 5.78 Å². The summed E-state index contributed by atoms with van der Waals surface area (Å²) in [5.74, 6) is -0.128. The summed E-state index contributed by atoms with van der Waals surface area (Å²) in [6, 6.07) is 2.93. The van der Waals surface area contributed by atoms with Crippen molar-refractivity contribution in [1.29, 1.82) is 0 Å². The Morgan fingerprint density at radius 1 is 1.23 bits per heavy atom. The van der Waals surface area contributed by atoms with E-state index in [0.717, 1.165) is 11.8 Å². The van der Waals surface area contributed by atoms with Crippen LogP contribution in [0.2, 0.25) is 15.1 Å². The minimum Gasteiger partial charge on any atom is -0.324 e. The number of aromatic nitrogens is 5. The van der Waals surface area contributed by atoms with Crippen molar-refractivity contribution in [2.45, 2.75) is 24.3 Å². The van der Waals surface area contributed by atoms with E-state index in [2.05, 4.69) is 25.6 Å². The first-order valence-corrected chi connectivity index (χ1v) is 9.22. The Kier molecular flexibility index (Phi) is 5.42. The predicted octanol–water partition coefficient (Wildman–Crippen LogP) is 3.20. The third kappa shape index (κ3) is 3.80. The second-order valence-corrected chi connectivity index (χ2v) is 7.78. The van der Waals surface area contributed by atoms with Crippen molar-refractivity contribution in [2.24, 2.45) is 0 Å². The number of nitrogens with one attached hydrogen (secondary N) is 2. The Labute approximate surface area is 166 Å². The number of hydrogen-bond acceptors (Lipinski definition) is 6. The van der Waals surface area contributed by atoms with Crippen molar-refractivity contribution in [3.8, 4) is 0 Å². The zero-order valence-electron chi connectivity index (χ0n) is 13.4. The summed E-state index contributed by atoms with van der Waals surface area (Å²) < 4.78 is 1.37. The Morgan fingerprint density at radius 2 is 1.92 bits per heavy atom. The molecule has 0 fully saturated rings. The first-order chi connectivity index (χ1) is 12.3. The monoisotopic (exact) mass is 432 g/mol. The van der Waals surface area contributed by atoms with Gasteiger partial charge in [0.15, 0.2) is 0 Å². The number of amides is 1. The molecule has 136 valence electrons. The van der Waals surface area contributed by atoms with E-state index >= 15 is 0 Å². The van der Waals surface area contributed by atoms with Crippen molar-refractivity contribution >= 4 is 63.9 Å². The van der Waals surface area contributed by atoms with Crippen molar-refractivity contribution in [3.05, 3.63) is 43.2 Å². The van der Waals surface area contributed by atoms with Crippen molar-refractivity contribution < 1.29 is 4.79 Å². The number of rotatable bonds is 4. The van der Waals surface area contributed by atoms with Gasteiger partial charge in [0.1, 0.15) is 5.69 Å². The van der Waals surface area contributed by atoms with E-state index in [1.54, 1.807) is 13.8 Å². The molecule has 1 aromatic carbocycles. The van der Waals surface area contributed by atoms with Crippen LogP contribution < -0.4 is 10.9 Å². The largest absolute Gasteiger partial charge is 0.324 e. The summed E-state index contributed by atoms with van der Waals surface area (Å²) in [6.07, 6.45) is 0. The Balaban J connectivity index is 1.79. The van der Waals surface area contributed by atoms with Gasteiger partial charge in [0.05, 0.1) is 26.0 Å². The maximum absolute atomic E-state index is 12.4. The molecule has 2 aromatic heterocycles. The standard InChI is InChI=1S/C14H11Cl3N6O2S/c1-5-11(24)19-13-20-21-14(23(13)22-5)26-6(2)12(25)18-10-4-8(16)7(15)3-9(10)17/h3-4,6H,1-2H3,(H,18,25)(H,19,20,24)/t6-/m1/s1. The van der Waals surface area contributed by atoms with E-state index in [0.29, 0.717) is 15.9 Å². The molecule has 0 saturated heterocycles. The average Bonchev–Trinajstić information content (AvgIpc) is 2.94. The molecule has 1 amide bonds. The predicted molar refractivity (Wildman–Crippen MR) is 102 cm³/mol. The summed E-state index contributed by atoms with van der Waals surface area (Å²) >= 11 is 19.0. The van der Waals surface area contributed by atoms with E-state index in [1.165, 1.54) is 16.6 Å². The van der Waals surface area contributed by atoms with Crippen molar-refractivity contribution in [2.75, 3.05) is 5.32 Å². The van der Waals surface area contributed by atoms with Gasteiger partial charge in [0.2, 0.25) is 11.1 Å². The van der Waals surface area contributed by atoms with E-state index in [-0.39, 0.29) is 33.0 Å². The number of anilines is 1. The summed E-state index contributed by atoms with van der Waals surface area (Å²) in [6.45, 7) is 3.25. The quantitative estimate of drug-likeness (QED) is 0.483. The lowest BCUT2D eigenvalue weighted by molar-refractivity contribution is -0.115. The van der Waals surface area contributed by atoms with Crippen LogP contribution in [-0.2, 0) is 4.79 Å². The van der Waals surface area contributed by atoms with Crippen molar-refractivity contribution in [3.63, 3.8) is 0 Å². The fourth-order valence-corrected chi connectivity index (χ4v) is 3.35. The second kappa shape index (κ2) is 7.43. The molecule has 0 radical (unpaired) electrons. The van der Waals surface area contributed by atoms with Gasteiger partial charge < -0.3 is 5.32 Å². The number of hydrogen-bond donors (Lipinski definition) is 2. The third-order valence-electron chi connectivity index (χ3n) is 3.34. The first-order valence-electron chi connectivity index (χ1n) is 7.20. The van der Waals surface area contributed by atoms with Gasteiger partial charge in [-0.1, -0.05) is 46.6 Å². The Morgan fingerprint density at radius 3 is 2.65 bits per heavy atom. The fraction of sp³-hybridized carbons (Fsp3) is 0.214. The van der Waals surface area contributed by atoms with Crippen LogP contribution in [0, 0.1) is 6.92 Å². The van der Waals surface area contributed by atoms with Gasteiger partial charge in [-0.3, -0.25) is 14.6 Å². The molecule has 12 heteroatoms. The lowest BCUT2D eigenvalue weighted by Gasteiger charge is -2.12. The van der Waals surface area contributed by atoms with Crippen LogP contribution in [0.15, 0.2) is 22.1 Å². The molecule has 8 nitrogen and oxygen atoms in total. The number of carbonyl (C=O) groups is 1. The smallest absolute Gasteiger partial charge is 0.273 e. The summed E-state index contributed by atoms with van der Waals surface area (Å²) in [7, 11) is 0. The molecule has 3 aromatic rings. The highest BCUT2D eigenvalue weighted by molar-refractivity contribution is 8.00. The summed E-state index contributed by atoms with van der Waals surface area (Å²) in [5, 5.41) is 15.2. The number of H-pyrrole nitrogens is 1. The first kappa shape index (κ1) is 19.0. The van der Waals surface area contributed by atoms with E-state index in [9.17, 15) is 9.59 Å². The lowest BCUT2D eigenvalue weighted by atomic mass is 10.3. The van der Waals surface area contributed by atoms with Gasteiger partial charge >= 0.3 is 0 Å². The number of aryl methyl sites for hydroxylation is 1. The maximum atomic E-state index is 12.4. The molecule has 0 aliphatic carbocycles. The molecule has 0 spiro atoms. The van der Waals surface area contributed by atoms with Crippen LogP contribution in [0.5, 0.6) is 0 Å². The molecule has 2 heterocycles. The summed E-state index contributed by atoms with van der Waals surface area (Å²) in [4.78, 5) is 26.6. The van der Waals surface area contributed by atoms with E-state index < -0.39 is 5.25 Å². The number of carbonyl (C=O) groups excluding carboxylic acids is 1. The molecule has 0 aliphatic heterocycles. The molecular formula is C14H11Cl3N6O2S. The molecule has 0 saturated carbocycles.